The van der Waals surface area contributed by atoms with Crippen LogP contribution in [0, 0.1) is 0 Å². The molecule has 0 aliphatic rings. The number of aromatic nitrogens is 2. The first kappa shape index (κ1) is 32.0. The predicted molar refractivity (Wildman–Crippen MR) is 132 cm³/mol. The Morgan fingerprint density at radius 2 is 1.47 bits per heavy atom. The standard InChI is InChI=1S/C22H36N8O8/c23-8-2-1-3-13(24)19(34)30-16(9-12-10-26-11-27-12)21(36)28-14(5-7-18(32)33)20(35)29-15(22(37)38)4-6-17(25)31/h10-11,13-16H,1-9,23-24H2,(H2,25,31)(H,26,27)(H,28,36)(H,29,35)(H,30,34)(H,32,33)(H,37,38). The molecule has 0 fully saturated rings. The maximum Gasteiger partial charge on any atom is 0.326 e. The third-order valence-electron chi connectivity index (χ3n) is 5.49. The molecule has 1 rings (SSSR count). The van der Waals surface area contributed by atoms with E-state index in [0.29, 0.717) is 31.5 Å². The van der Waals surface area contributed by atoms with Gasteiger partial charge in [0.15, 0.2) is 0 Å². The van der Waals surface area contributed by atoms with Gasteiger partial charge in [0.1, 0.15) is 18.1 Å². The molecule has 1 aromatic heterocycles. The number of carbonyl (C=O) groups is 6. The van der Waals surface area contributed by atoms with E-state index in [-0.39, 0.29) is 25.7 Å². The van der Waals surface area contributed by atoms with Crippen molar-refractivity contribution in [1.29, 1.82) is 0 Å². The van der Waals surface area contributed by atoms with E-state index in [1.54, 1.807) is 0 Å². The molecule has 38 heavy (non-hydrogen) atoms. The number of unbranched alkanes of at least 4 members (excludes halogenated alkanes) is 1. The van der Waals surface area contributed by atoms with Crippen molar-refractivity contribution >= 4 is 35.6 Å². The number of imidazole rings is 1. The third-order valence-corrected chi connectivity index (χ3v) is 5.49. The first-order valence-corrected chi connectivity index (χ1v) is 12.0. The molecule has 0 radical (unpaired) electrons. The Bertz CT molecular complexity index is 955. The molecule has 0 aliphatic heterocycles. The van der Waals surface area contributed by atoms with Crippen molar-refractivity contribution < 1.29 is 39.0 Å². The summed E-state index contributed by atoms with van der Waals surface area (Å²) in [6.45, 7) is 0.435. The van der Waals surface area contributed by atoms with Crippen molar-refractivity contribution in [2.75, 3.05) is 6.54 Å². The summed E-state index contributed by atoms with van der Waals surface area (Å²) in [5, 5.41) is 25.5. The number of carboxylic acids is 2. The summed E-state index contributed by atoms with van der Waals surface area (Å²) in [7, 11) is 0. The number of aromatic amines is 1. The molecular formula is C22H36N8O8. The summed E-state index contributed by atoms with van der Waals surface area (Å²) in [6.07, 6.45) is 2.79. The van der Waals surface area contributed by atoms with Gasteiger partial charge in [-0.1, -0.05) is 6.42 Å². The maximum absolute atomic E-state index is 13.2. The highest BCUT2D eigenvalue weighted by molar-refractivity contribution is 5.94. The van der Waals surface area contributed by atoms with Gasteiger partial charge >= 0.3 is 11.9 Å². The van der Waals surface area contributed by atoms with Gasteiger partial charge in [-0.3, -0.25) is 24.0 Å². The summed E-state index contributed by atoms with van der Waals surface area (Å²) >= 11 is 0. The number of carboxylic acid groups (broad SMARTS) is 2. The van der Waals surface area contributed by atoms with Crippen LogP contribution >= 0.6 is 0 Å². The van der Waals surface area contributed by atoms with Crippen molar-refractivity contribution in [2.45, 2.75) is 75.5 Å². The molecule has 4 atom stereocenters. The van der Waals surface area contributed by atoms with Crippen molar-refractivity contribution in [3.63, 3.8) is 0 Å². The first-order chi connectivity index (χ1) is 17.9. The largest absolute Gasteiger partial charge is 0.481 e. The van der Waals surface area contributed by atoms with Crippen molar-refractivity contribution in [1.82, 2.24) is 25.9 Å². The quantitative estimate of drug-likeness (QED) is 0.0801. The number of nitrogens with two attached hydrogens (primary N) is 3. The van der Waals surface area contributed by atoms with Gasteiger partial charge in [-0.15, -0.1) is 0 Å². The molecule has 0 saturated heterocycles. The van der Waals surface area contributed by atoms with Crippen molar-refractivity contribution in [3.8, 4) is 0 Å². The Hall–Kier alpha value is -4.05. The molecule has 1 aromatic rings. The van der Waals surface area contributed by atoms with Crippen LogP contribution < -0.4 is 33.2 Å². The fourth-order valence-corrected chi connectivity index (χ4v) is 3.37. The molecule has 0 aliphatic carbocycles. The number of rotatable bonds is 19. The molecule has 16 nitrogen and oxygen atoms in total. The average molecular weight is 541 g/mol. The third kappa shape index (κ3) is 12.3. The second kappa shape index (κ2) is 16.6. The zero-order valence-electron chi connectivity index (χ0n) is 20.9. The fourth-order valence-electron chi connectivity index (χ4n) is 3.37. The van der Waals surface area contributed by atoms with Crippen LogP contribution in [0.1, 0.15) is 50.6 Å². The number of aliphatic carboxylic acids is 2. The molecule has 0 bridgehead atoms. The van der Waals surface area contributed by atoms with Gasteiger partial charge in [0.25, 0.3) is 0 Å². The van der Waals surface area contributed by atoms with E-state index < -0.39 is 66.2 Å². The van der Waals surface area contributed by atoms with Crippen LogP contribution in [-0.2, 0) is 35.2 Å². The van der Waals surface area contributed by atoms with Gasteiger partial charge in [-0.2, -0.15) is 0 Å². The van der Waals surface area contributed by atoms with E-state index in [0.717, 1.165) is 0 Å². The maximum atomic E-state index is 13.2. The van der Waals surface area contributed by atoms with Gasteiger partial charge < -0.3 is 48.3 Å². The van der Waals surface area contributed by atoms with Crippen LogP contribution in [0.25, 0.3) is 0 Å². The highest BCUT2D eigenvalue weighted by Gasteiger charge is 2.31. The van der Waals surface area contributed by atoms with E-state index in [1.807, 2.05) is 0 Å². The normalized spacial score (nSPS) is 13.9. The monoisotopic (exact) mass is 540 g/mol. The number of carbonyl (C=O) groups excluding carboxylic acids is 4. The van der Waals surface area contributed by atoms with Crippen LogP contribution in [0.3, 0.4) is 0 Å². The lowest BCUT2D eigenvalue weighted by atomic mass is 10.0. The number of primary amides is 1. The minimum atomic E-state index is -1.51. The molecule has 0 spiro atoms. The second-order valence-corrected chi connectivity index (χ2v) is 8.63. The van der Waals surface area contributed by atoms with E-state index in [4.69, 9.17) is 22.3 Å². The lowest BCUT2D eigenvalue weighted by Crippen LogP contribution is -2.57. The van der Waals surface area contributed by atoms with Crippen LogP contribution in [0.5, 0.6) is 0 Å². The number of H-pyrrole nitrogens is 1. The van der Waals surface area contributed by atoms with E-state index >= 15 is 0 Å². The number of nitrogens with one attached hydrogen (secondary N) is 4. The van der Waals surface area contributed by atoms with Crippen LogP contribution in [0.2, 0.25) is 0 Å². The molecule has 0 saturated carbocycles. The summed E-state index contributed by atoms with van der Waals surface area (Å²) < 4.78 is 0. The molecule has 4 unspecified atom stereocenters. The summed E-state index contributed by atoms with van der Waals surface area (Å²) in [5.41, 5.74) is 16.9. The van der Waals surface area contributed by atoms with Crippen molar-refractivity contribution in [3.05, 3.63) is 18.2 Å². The van der Waals surface area contributed by atoms with E-state index in [1.165, 1.54) is 12.5 Å². The zero-order valence-corrected chi connectivity index (χ0v) is 20.9. The van der Waals surface area contributed by atoms with Crippen LogP contribution in [-0.4, -0.2) is 86.5 Å². The van der Waals surface area contributed by atoms with Gasteiger partial charge in [-0.05, 0) is 32.2 Å². The lowest BCUT2D eigenvalue weighted by molar-refractivity contribution is -0.143. The SMILES string of the molecule is NCCCCC(N)C(=O)NC(Cc1cnc[nH]1)C(=O)NC(CCC(=O)O)C(=O)NC(CCC(N)=O)C(=O)O. The fraction of sp³-hybridized carbons (Fsp3) is 0.591. The van der Waals surface area contributed by atoms with Gasteiger partial charge in [0, 0.05) is 31.2 Å². The smallest absolute Gasteiger partial charge is 0.326 e. The van der Waals surface area contributed by atoms with Gasteiger partial charge in [0.05, 0.1) is 12.4 Å². The molecular weight excluding hydrogens is 504 g/mol. The molecule has 0 aromatic carbocycles. The Labute approximate surface area is 218 Å². The molecule has 12 N–H and O–H groups in total. The van der Waals surface area contributed by atoms with Gasteiger partial charge in [-0.25, -0.2) is 9.78 Å². The Kier molecular flexibility index (Phi) is 14.0. The van der Waals surface area contributed by atoms with Gasteiger partial charge in [0.2, 0.25) is 23.6 Å². The number of hydrogen-bond donors (Lipinski definition) is 9. The Morgan fingerprint density at radius 3 is 2.03 bits per heavy atom. The average Bonchev–Trinajstić information content (AvgIpc) is 3.36. The minimum absolute atomic E-state index is 0.0588. The molecule has 16 heteroatoms. The lowest BCUT2D eigenvalue weighted by Gasteiger charge is -2.25. The van der Waals surface area contributed by atoms with Crippen LogP contribution in [0.15, 0.2) is 12.5 Å². The highest BCUT2D eigenvalue weighted by atomic mass is 16.4. The summed E-state index contributed by atoms with van der Waals surface area (Å²) in [6, 6.07) is -5.13. The molecule has 4 amide bonds. The summed E-state index contributed by atoms with van der Waals surface area (Å²) in [4.78, 5) is 78.9. The number of hydrogen-bond acceptors (Lipinski definition) is 9. The minimum Gasteiger partial charge on any atom is -0.481 e. The molecule has 212 valence electrons. The highest BCUT2D eigenvalue weighted by Crippen LogP contribution is 2.06. The van der Waals surface area contributed by atoms with E-state index in [9.17, 15) is 33.9 Å². The molecule has 1 heterocycles. The summed E-state index contributed by atoms with van der Waals surface area (Å²) in [5.74, 6) is -5.93. The van der Waals surface area contributed by atoms with E-state index in [2.05, 4.69) is 25.9 Å². The second-order valence-electron chi connectivity index (χ2n) is 8.63. The topological polar surface area (TPSA) is 286 Å². The van der Waals surface area contributed by atoms with Crippen LogP contribution in [0.4, 0.5) is 0 Å². The number of amides is 4. The van der Waals surface area contributed by atoms with Crippen molar-refractivity contribution in [2.24, 2.45) is 17.2 Å². The zero-order chi connectivity index (χ0) is 28.7. The predicted octanol–water partition coefficient (Wildman–Crippen LogP) is -2.92. The first-order valence-electron chi connectivity index (χ1n) is 12.0. The Morgan fingerprint density at radius 1 is 0.868 bits per heavy atom. The number of nitrogens with zero attached hydrogens (tertiary/aromatic N) is 1. The Balaban J connectivity index is 3.04.